The van der Waals surface area contributed by atoms with Crippen LogP contribution >= 0.6 is 0 Å². The van der Waals surface area contributed by atoms with Gasteiger partial charge in [-0.3, -0.25) is 0 Å². The number of hydrogen-bond acceptors (Lipinski definition) is 1. The summed E-state index contributed by atoms with van der Waals surface area (Å²) in [5, 5.41) is 10.4. The van der Waals surface area contributed by atoms with Gasteiger partial charge >= 0.3 is 29.6 Å². The predicted octanol–water partition coefficient (Wildman–Crippen LogP) is -2.09. The fourth-order valence-corrected chi connectivity index (χ4v) is 0. The normalized spacial score (nSPS) is 9.88. The summed E-state index contributed by atoms with van der Waals surface area (Å²) in [4.78, 5) is 0. The van der Waals surface area contributed by atoms with Gasteiger partial charge in [0.2, 0.25) is 0 Å². The molecule has 8 heavy (non-hydrogen) atoms. The average Bonchev–Trinajstić information content (AvgIpc) is 1.31. The monoisotopic (exact) mass is 122 g/mol. The molecular formula is C6H11NaO. The first-order chi connectivity index (χ1) is 2.94. The molecule has 42 valence electrons. The third-order valence-electron chi connectivity index (χ3n) is 0.837. The minimum atomic E-state index is -0.250. The summed E-state index contributed by atoms with van der Waals surface area (Å²) in [6.07, 6.45) is 0. The summed E-state index contributed by atoms with van der Waals surface area (Å²) in [5.41, 5.74) is -0.250. The number of rotatable bonds is 0. The van der Waals surface area contributed by atoms with E-state index < -0.39 is 0 Å². The van der Waals surface area contributed by atoms with Crippen molar-refractivity contribution < 1.29 is 34.7 Å². The van der Waals surface area contributed by atoms with E-state index in [-0.39, 0.29) is 40.7 Å². The molecular weight excluding hydrogens is 111 g/mol. The summed E-state index contributed by atoms with van der Waals surface area (Å²) >= 11 is 0. The third kappa shape index (κ3) is 4.69. The summed E-state index contributed by atoms with van der Waals surface area (Å²) in [6.45, 7) is 8.82. The average molecular weight is 122 g/mol. The fourth-order valence-electron chi connectivity index (χ4n) is 0. The molecule has 0 bridgehead atoms. The van der Waals surface area contributed by atoms with Crippen LogP contribution in [0.3, 0.4) is 0 Å². The van der Waals surface area contributed by atoms with Crippen molar-refractivity contribution in [2.75, 3.05) is 0 Å². The third-order valence-corrected chi connectivity index (χ3v) is 0.837. The van der Waals surface area contributed by atoms with Gasteiger partial charge in [0, 0.05) is 0 Å². The molecule has 0 aliphatic heterocycles. The molecule has 0 unspecified atom stereocenters. The van der Waals surface area contributed by atoms with Crippen LogP contribution in [0.2, 0.25) is 0 Å². The first-order valence-electron chi connectivity index (χ1n) is 2.31. The number of hydrogen-bond donors (Lipinski definition) is 0. The summed E-state index contributed by atoms with van der Waals surface area (Å²) in [6, 6.07) is 0. The second-order valence-corrected chi connectivity index (χ2v) is 2.67. The quantitative estimate of drug-likeness (QED) is 0.267. The first kappa shape index (κ1) is 11.4. The largest absolute Gasteiger partial charge is 1.00 e. The molecule has 0 aromatic carbocycles. The Balaban J connectivity index is 0. The van der Waals surface area contributed by atoms with Crippen LogP contribution < -0.4 is 34.7 Å². The van der Waals surface area contributed by atoms with Crippen LogP contribution in [0.25, 0.3) is 0 Å². The van der Waals surface area contributed by atoms with E-state index in [9.17, 15) is 5.11 Å². The second kappa shape index (κ2) is 3.54. The van der Waals surface area contributed by atoms with Crippen molar-refractivity contribution >= 4 is 0 Å². The second-order valence-electron chi connectivity index (χ2n) is 2.67. The van der Waals surface area contributed by atoms with E-state index in [4.69, 9.17) is 0 Å². The Morgan fingerprint density at radius 3 is 1.50 bits per heavy atom. The maximum Gasteiger partial charge on any atom is 1.00 e. The van der Waals surface area contributed by atoms with E-state index in [0.29, 0.717) is 0 Å². The first-order valence-corrected chi connectivity index (χ1v) is 2.31. The molecule has 0 rings (SSSR count). The van der Waals surface area contributed by atoms with Crippen molar-refractivity contribution in [1.82, 2.24) is 0 Å². The topological polar surface area (TPSA) is 23.1 Å². The SMILES string of the molecule is C=C([O-])C(C)(C)C.[Na+]. The van der Waals surface area contributed by atoms with Crippen LogP contribution in [-0.2, 0) is 0 Å². The standard InChI is InChI=1S/C6H12O.Na/c1-5(7)6(2,3)4;/h7H,1H2,2-4H3;/q;+1/p-1. The maximum absolute atomic E-state index is 10.4. The summed E-state index contributed by atoms with van der Waals surface area (Å²) in [5.74, 6) is -0.00694. The van der Waals surface area contributed by atoms with Gasteiger partial charge in [-0.2, -0.15) is 0 Å². The molecule has 0 heterocycles. The summed E-state index contributed by atoms with van der Waals surface area (Å²) < 4.78 is 0. The van der Waals surface area contributed by atoms with Gasteiger partial charge in [-0.25, -0.2) is 0 Å². The molecule has 0 spiro atoms. The van der Waals surface area contributed by atoms with E-state index in [1.165, 1.54) is 0 Å². The van der Waals surface area contributed by atoms with E-state index in [2.05, 4.69) is 6.58 Å². The van der Waals surface area contributed by atoms with Gasteiger partial charge in [0.05, 0.1) is 0 Å². The van der Waals surface area contributed by atoms with Gasteiger partial charge < -0.3 is 5.11 Å². The van der Waals surface area contributed by atoms with E-state index in [1.807, 2.05) is 20.8 Å². The van der Waals surface area contributed by atoms with Gasteiger partial charge in [-0.15, -0.1) is 12.3 Å². The minimum Gasteiger partial charge on any atom is -0.875 e. The van der Waals surface area contributed by atoms with E-state index >= 15 is 0 Å². The van der Waals surface area contributed by atoms with E-state index in [0.717, 1.165) is 0 Å². The Hall–Kier alpha value is 0.540. The Labute approximate surface area is 73.1 Å². The molecule has 0 saturated carbocycles. The van der Waals surface area contributed by atoms with Gasteiger partial charge in [0.15, 0.2) is 0 Å². The predicted molar refractivity (Wildman–Crippen MR) is 28.6 cm³/mol. The van der Waals surface area contributed by atoms with Gasteiger partial charge in [0.25, 0.3) is 0 Å². The van der Waals surface area contributed by atoms with Gasteiger partial charge in [-0.05, 0) is 5.41 Å². The molecule has 0 aromatic heterocycles. The van der Waals surface area contributed by atoms with Crippen molar-refractivity contribution in [1.29, 1.82) is 0 Å². The zero-order valence-electron chi connectivity index (χ0n) is 6.12. The van der Waals surface area contributed by atoms with Crippen LogP contribution in [0, 0.1) is 5.41 Å². The molecule has 0 amide bonds. The molecule has 0 radical (unpaired) electrons. The van der Waals surface area contributed by atoms with E-state index in [1.54, 1.807) is 0 Å². The molecule has 0 aliphatic carbocycles. The smallest absolute Gasteiger partial charge is 0.875 e. The van der Waals surface area contributed by atoms with Crippen LogP contribution in [0.15, 0.2) is 12.3 Å². The molecule has 1 nitrogen and oxygen atoms in total. The van der Waals surface area contributed by atoms with Crippen LogP contribution in [0.4, 0.5) is 0 Å². The fraction of sp³-hybridized carbons (Fsp3) is 0.667. The minimum absolute atomic E-state index is 0. The summed E-state index contributed by atoms with van der Waals surface area (Å²) in [7, 11) is 0. The molecule has 0 aromatic rings. The molecule has 0 saturated heterocycles. The molecule has 0 aliphatic rings. The maximum atomic E-state index is 10.4. The van der Waals surface area contributed by atoms with Crippen molar-refractivity contribution in [3.8, 4) is 0 Å². The van der Waals surface area contributed by atoms with Gasteiger partial charge in [-0.1, -0.05) is 20.8 Å². The van der Waals surface area contributed by atoms with Gasteiger partial charge in [0.1, 0.15) is 0 Å². The molecule has 2 heteroatoms. The Morgan fingerprint density at radius 1 is 1.38 bits per heavy atom. The van der Waals surface area contributed by atoms with Crippen molar-refractivity contribution in [2.24, 2.45) is 5.41 Å². The van der Waals surface area contributed by atoms with Crippen LogP contribution in [-0.4, -0.2) is 0 Å². The Kier molecular flexibility index (Phi) is 5.03. The molecule has 0 atom stereocenters. The van der Waals surface area contributed by atoms with Crippen LogP contribution in [0.1, 0.15) is 20.8 Å². The van der Waals surface area contributed by atoms with Crippen molar-refractivity contribution in [2.45, 2.75) is 20.8 Å². The Morgan fingerprint density at radius 2 is 1.50 bits per heavy atom. The molecule has 0 fully saturated rings. The zero-order chi connectivity index (χ0) is 6.08. The van der Waals surface area contributed by atoms with Crippen molar-refractivity contribution in [3.63, 3.8) is 0 Å². The van der Waals surface area contributed by atoms with Crippen molar-refractivity contribution in [3.05, 3.63) is 12.3 Å². The number of allylic oxidation sites excluding steroid dienone is 1. The molecule has 0 N–H and O–H groups in total. The zero-order valence-corrected chi connectivity index (χ0v) is 8.12. The Bertz CT molecular complexity index is 81.0. The van der Waals surface area contributed by atoms with Crippen LogP contribution in [0.5, 0.6) is 0 Å².